The number of halogens is 1. The molecule has 1 aliphatic carbocycles. The number of anilines is 1. The van der Waals surface area contributed by atoms with Gasteiger partial charge in [0.2, 0.25) is 5.91 Å². The van der Waals surface area contributed by atoms with Crippen LogP contribution < -0.4 is 10.6 Å². The van der Waals surface area contributed by atoms with Gasteiger partial charge < -0.3 is 5.73 Å². The summed E-state index contributed by atoms with van der Waals surface area (Å²) in [5.41, 5.74) is 7.42. The maximum atomic E-state index is 11.8. The fourth-order valence-corrected chi connectivity index (χ4v) is 4.14. The number of hydrogen-bond donors (Lipinski definition) is 1. The summed E-state index contributed by atoms with van der Waals surface area (Å²) in [6.07, 6.45) is 3.24. The third kappa shape index (κ3) is 4.24. The van der Waals surface area contributed by atoms with E-state index in [1.165, 1.54) is 0 Å². The molecule has 2 fully saturated rings. The van der Waals surface area contributed by atoms with Gasteiger partial charge in [-0.3, -0.25) is 14.6 Å². The van der Waals surface area contributed by atoms with Crippen LogP contribution in [0.3, 0.4) is 0 Å². The minimum atomic E-state index is 0. The van der Waals surface area contributed by atoms with Crippen LogP contribution in [0, 0.1) is 5.41 Å². The van der Waals surface area contributed by atoms with Crippen molar-refractivity contribution < 1.29 is 4.79 Å². The van der Waals surface area contributed by atoms with E-state index in [1.807, 2.05) is 4.90 Å². The van der Waals surface area contributed by atoms with Gasteiger partial charge in [0.25, 0.3) is 0 Å². The number of hydrogen-bond acceptors (Lipinski definition) is 5. The molecule has 0 radical (unpaired) electrons. The van der Waals surface area contributed by atoms with Gasteiger partial charge in [-0.15, -0.1) is 23.7 Å². The standard InChI is InChI=1S/C16H26N4OS.ClH/c1-11(21)20(13-4-5-13)15-18-12(9-22-15)8-19-7-6-14(17)16(2,3)10-19;/h9,13-14H,4-8,10,17H2,1-3H3;1H. The monoisotopic (exact) mass is 358 g/mol. The number of carbonyl (C=O) groups is 1. The Morgan fingerprint density at radius 2 is 2.17 bits per heavy atom. The molecule has 1 aromatic rings. The van der Waals surface area contributed by atoms with E-state index in [4.69, 9.17) is 10.7 Å². The first-order valence-electron chi connectivity index (χ1n) is 8.09. The van der Waals surface area contributed by atoms with E-state index >= 15 is 0 Å². The second kappa shape index (κ2) is 7.05. The predicted molar refractivity (Wildman–Crippen MR) is 97.2 cm³/mol. The number of carbonyl (C=O) groups excluding carboxylic acids is 1. The van der Waals surface area contributed by atoms with Crippen LogP contribution in [0.15, 0.2) is 5.38 Å². The molecule has 0 aromatic carbocycles. The van der Waals surface area contributed by atoms with E-state index < -0.39 is 0 Å². The Labute approximate surface area is 148 Å². The SMILES string of the molecule is CC(=O)N(c1nc(CN2CCC(N)C(C)(C)C2)cs1)C1CC1.Cl. The lowest BCUT2D eigenvalue weighted by molar-refractivity contribution is -0.116. The molecular formula is C16H27ClN4OS. The van der Waals surface area contributed by atoms with Gasteiger partial charge in [-0.1, -0.05) is 13.8 Å². The first-order valence-corrected chi connectivity index (χ1v) is 8.97. The van der Waals surface area contributed by atoms with Gasteiger partial charge in [-0.05, 0) is 24.7 Å². The molecule has 1 amide bonds. The normalized spacial score (nSPS) is 24.1. The van der Waals surface area contributed by atoms with Crippen molar-refractivity contribution in [1.82, 2.24) is 9.88 Å². The minimum absolute atomic E-state index is 0. The third-order valence-corrected chi connectivity index (χ3v) is 5.66. The highest BCUT2D eigenvalue weighted by Crippen LogP contribution is 2.34. The van der Waals surface area contributed by atoms with Crippen LogP contribution >= 0.6 is 23.7 Å². The van der Waals surface area contributed by atoms with Gasteiger partial charge in [-0.25, -0.2) is 4.98 Å². The second-order valence-corrected chi connectivity index (χ2v) is 8.17. The Morgan fingerprint density at radius 3 is 2.74 bits per heavy atom. The molecule has 2 heterocycles. The highest BCUT2D eigenvalue weighted by atomic mass is 35.5. The molecule has 2 aliphatic rings. The average Bonchev–Trinajstić information content (AvgIpc) is 3.14. The highest BCUT2D eigenvalue weighted by molar-refractivity contribution is 7.14. The zero-order valence-electron chi connectivity index (χ0n) is 14.1. The molecular weight excluding hydrogens is 332 g/mol. The van der Waals surface area contributed by atoms with E-state index in [0.717, 1.165) is 49.7 Å². The molecule has 1 atom stereocenters. The Bertz CT molecular complexity index is 558. The summed E-state index contributed by atoms with van der Waals surface area (Å²) in [4.78, 5) is 20.8. The third-order valence-electron chi connectivity index (χ3n) is 4.77. The number of thiazole rings is 1. The van der Waals surface area contributed by atoms with Crippen molar-refractivity contribution in [2.75, 3.05) is 18.0 Å². The molecule has 2 N–H and O–H groups in total. The van der Waals surface area contributed by atoms with Crippen molar-refractivity contribution in [2.45, 2.75) is 58.7 Å². The molecule has 1 saturated heterocycles. The number of likely N-dealkylation sites (tertiary alicyclic amines) is 1. The molecule has 3 rings (SSSR count). The number of amides is 1. The minimum Gasteiger partial charge on any atom is -0.327 e. The summed E-state index contributed by atoms with van der Waals surface area (Å²) in [5.74, 6) is 0.105. The summed E-state index contributed by atoms with van der Waals surface area (Å²) in [5, 5.41) is 2.95. The van der Waals surface area contributed by atoms with Crippen molar-refractivity contribution in [3.05, 3.63) is 11.1 Å². The number of aromatic nitrogens is 1. The van der Waals surface area contributed by atoms with Crippen molar-refractivity contribution in [3.63, 3.8) is 0 Å². The molecule has 7 heteroatoms. The maximum absolute atomic E-state index is 11.8. The number of rotatable bonds is 4. The zero-order valence-corrected chi connectivity index (χ0v) is 15.8. The van der Waals surface area contributed by atoms with E-state index in [-0.39, 0.29) is 29.8 Å². The molecule has 1 saturated carbocycles. The van der Waals surface area contributed by atoms with E-state index in [9.17, 15) is 4.79 Å². The summed E-state index contributed by atoms with van der Waals surface area (Å²) in [6, 6.07) is 0.654. The maximum Gasteiger partial charge on any atom is 0.225 e. The van der Waals surface area contributed by atoms with Crippen LogP contribution in [0.5, 0.6) is 0 Å². The quantitative estimate of drug-likeness (QED) is 0.898. The van der Waals surface area contributed by atoms with Crippen molar-refractivity contribution >= 4 is 34.8 Å². The van der Waals surface area contributed by atoms with Gasteiger partial charge in [0.1, 0.15) is 0 Å². The molecule has 1 unspecified atom stereocenters. The summed E-state index contributed by atoms with van der Waals surface area (Å²) in [6.45, 7) is 8.98. The summed E-state index contributed by atoms with van der Waals surface area (Å²) in [7, 11) is 0. The largest absolute Gasteiger partial charge is 0.327 e. The van der Waals surface area contributed by atoms with Crippen LogP contribution in [0.2, 0.25) is 0 Å². The first-order chi connectivity index (χ1) is 10.4. The van der Waals surface area contributed by atoms with E-state index in [2.05, 4.69) is 24.1 Å². The van der Waals surface area contributed by atoms with Gasteiger partial charge in [0.15, 0.2) is 5.13 Å². The molecule has 1 aromatic heterocycles. The first kappa shape index (κ1) is 18.6. The van der Waals surface area contributed by atoms with Crippen LogP contribution in [0.4, 0.5) is 5.13 Å². The number of piperidine rings is 1. The molecule has 0 spiro atoms. The lowest BCUT2D eigenvalue weighted by Crippen LogP contribution is -2.52. The smallest absolute Gasteiger partial charge is 0.225 e. The number of nitrogens with two attached hydrogens (primary N) is 1. The van der Waals surface area contributed by atoms with Crippen LogP contribution in [-0.4, -0.2) is 41.0 Å². The highest BCUT2D eigenvalue weighted by Gasteiger charge is 2.35. The van der Waals surface area contributed by atoms with Crippen molar-refractivity contribution in [1.29, 1.82) is 0 Å². The molecule has 23 heavy (non-hydrogen) atoms. The Balaban J connectivity index is 0.00000192. The van der Waals surface area contributed by atoms with Gasteiger partial charge in [-0.2, -0.15) is 0 Å². The average molecular weight is 359 g/mol. The van der Waals surface area contributed by atoms with Gasteiger partial charge in [0.05, 0.1) is 5.69 Å². The Morgan fingerprint density at radius 1 is 1.48 bits per heavy atom. The Kier molecular flexibility index (Phi) is 5.72. The van der Waals surface area contributed by atoms with E-state index in [1.54, 1.807) is 18.3 Å². The molecule has 1 aliphatic heterocycles. The molecule has 5 nitrogen and oxygen atoms in total. The lowest BCUT2D eigenvalue weighted by Gasteiger charge is -2.42. The lowest BCUT2D eigenvalue weighted by atomic mass is 9.80. The topological polar surface area (TPSA) is 62.5 Å². The predicted octanol–water partition coefficient (Wildman–Crippen LogP) is 2.64. The zero-order chi connectivity index (χ0) is 15.9. The number of nitrogens with zero attached hydrogens (tertiary/aromatic N) is 3. The summed E-state index contributed by atoms with van der Waals surface area (Å²) >= 11 is 1.59. The van der Waals surface area contributed by atoms with Crippen LogP contribution in [-0.2, 0) is 11.3 Å². The van der Waals surface area contributed by atoms with Crippen molar-refractivity contribution in [2.24, 2.45) is 11.1 Å². The molecule has 0 bridgehead atoms. The van der Waals surface area contributed by atoms with E-state index in [0.29, 0.717) is 6.04 Å². The van der Waals surface area contributed by atoms with Crippen molar-refractivity contribution in [3.8, 4) is 0 Å². The van der Waals surface area contributed by atoms with Crippen LogP contribution in [0.25, 0.3) is 0 Å². The second-order valence-electron chi connectivity index (χ2n) is 7.34. The summed E-state index contributed by atoms with van der Waals surface area (Å²) < 4.78 is 0. The fourth-order valence-electron chi connectivity index (χ4n) is 3.21. The van der Waals surface area contributed by atoms with Gasteiger partial charge in [0, 0.05) is 44.0 Å². The Hall–Kier alpha value is -0.690. The fraction of sp³-hybridized carbons (Fsp3) is 0.750. The molecule has 130 valence electrons. The van der Waals surface area contributed by atoms with Gasteiger partial charge >= 0.3 is 0 Å². The van der Waals surface area contributed by atoms with Crippen LogP contribution in [0.1, 0.15) is 45.7 Å².